The molecule has 0 saturated carbocycles. The van der Waals surface area contributed by atoms with Crippen LogP contribution in [-0.2, 0) is 20.0 Å². The van der Waals surface area contributed by atoms with Crippen molar-refractivity contribution in [2.75, 3.05) is 20.8 Å². The van der Waals surface area contributed by atoms with E-state index in [1.54, 1.807) is 0 Å². The monoisotopic (exact) mass is 482 g/mol. The van der Waals surface area contributed by atoms with Crippen molar-refractivity contribution in [2.24, 2.45) is 0 Å². The van der Waals surface area contributed by atoms with Gasteiger partial charge in [-0.15, -0.1) is 0 Å². The van der Waals surface area contributed by atoms with Gasteiger partial charge in [-0.1, -0.05) is 23.2 Å². The van der Waals surface area contributed by atoms with Crippen LogP contribution >= 0.6 is 23.2 Å². The molecule has 2 aromatic rings. The van der Waals surface area contributed by atoms with Gasteiger partial charge < -0.3 is 9.47 Å². The predicted octanol–water partition coefficient (Wildman–Crippen LogP) is 2.66. The standard InChI is InChI=1S/C17H20Cl2N2O6S2/c1-11(21-29(24,25)13-5-7-15(19)17(9-13)27-3)10-20-28(22,23)12-4-6-14(18)16(8-12)26-2/h4-9,11,20-21H,10H2,1-3H3/t11-/m1/s1. The third-order valence-corrected chi connectivity index (χ3v) is 7.43. The zero-order chi connectivity index (χ0) is 21.8. The largest absolute Gasteiger partial charge is 0.495 e. The fourth-order valence-corrected chi connectivity index (χ4v) is 5.10. The summed E-state index contributed by atoms with van der Waals surface area (Å²) in [5, 5.41) is 0.539. The minimum Gasteiger partial charge on any atom is -0.495 e. The predicted molar refractivity (Wildman–Crippen MR) is 111 cm³/mol. The molecule has 160 valence electrons. The number of rotatable bonds is 9. The van der Waals surface area contributed by atoms with Gasteiger partial charge in [-0.25, -0.2) is 26.3 Å². The lowest BCUT2D eigenvalue weighted by atomic mass is 10.3. The molecule has 0 unspecified atom stereocenters. The summed E-state index contributed by atoms with van der Waals surface area (Å²) in [6, 6.07) is 7.25. The molecule has 0 aromatic heterocycles. The second-order valence-electron chi connectivity index (χ2n) is 5.97. The van der Waals surface area contributed by atoms with Crippen LogP contribution in [0.5, 0.6) is 11.5 Å². The Hall–Kier alpha value is -1.56. The lowest BCUT2D eigenvalue weighted by Gasteiger charge is -2.16. The number of sulfonamides is 2. The zero-order valence-electron chi connectivity index (χ0n) is 15.8. The van der Waals surface area contributed by atoms with E-state index in [9.17, 15) is 16.8 Å². The van der Waals surface area contributed by atoms with Gasteiger partial charge in [-0.3, -0.25) is 0 Å². The van der Waals surface area contributed by atoms with Crippen molar-refractivity contribution >= 4 is 43.2 Å². The smallest absolute Gasteiger partial charge is 0.240 e. The molecular formula is C17H20Cl2N2O6S2. The Balaban J connectivity index is 2.09. The number of hydrogen-bond acceptors (Lipinski definition) is 6. The molecule has 0 aliphatic carbocycles. The third-order valence-electron chi connectivity index (χ3n) is 3.80. The van der Waals surface area contributed by atoms with Crippen LogP contribution in [-0.4, -0.2) is 43.6 Å². The molecule has 0 radical (unpaired) electrons. The van der Waals surface area contributed by atoms with Gasteiger partial charge in [0.25, 0.3) is 0 Å². The topological polar surface area (TPSA) is 111 Å². The normalized spacial score (nSPS) is 13.1. The van der Waals surface area contributed by atoms with E-state index in [4.69, 9.17) is 32.7 Å². The number of benzene rings is 2. The van der Waals surface area contributed by atoms with Crippen molar-refractivity contribution in [3.8, 4) is 11.5 Å². The first kappa shape index (κ1) is 23.7. The Morgan fingerprint density at radius 1 is 0.862 bits per heavy atom. The van der Waals surface area contributed by atoms with Crippen molar-refractivity contribution in [3.63, 3.8) is 0 Å². The van der Waals surface area contributed by atoms with Gasteiger partial charge >= 0.3 is 0 Å². The minimum atomic E-state index is -3.92. The molecule has 2 N–H and O–H groups in total. The van der Waals surface area contributed by atoms with Crippen molar-refractivity contribution in [1.29, 1.82) is 0 Å². The number of hydrogen-bond donors (Lipinski definition) is 2. The van der Waals surface area contributed by atoms with Gasteiger partial charge in [0.15, 0.2) is 0 Å². The fraction of sp³-hybridized carbons (Fsp3) is 0.294. The maximum absolute atomic E-state index is 12.5. The first-order chi connectivity index (χ1) is 13.5. The maximum atomic E-state index is 12.5. The molecule has 1 atom stereocenters. The summed E-state index contributed by atoms with van der Waals surface area (Å²) in [6.07, 6.45) is 0. The molecular weight excluding hydrogens is 463 g/mol. The van der Waals surface area contributed by atoms with Gasteiger partial charge in [0, 0.05) is 24.7 Å². The van der Waals surface area contributed by atoms with Crippen LogP contribution in [0.4, 0.5) is 0 Å². The molecule has 29 heavy (non-hydrogen) atoms. The molecule has 0 bridgehead atoms. The second kappa shape index (κ2) is 9.50. The van der Waals surface area contributed by atoms with Gasteiger partial charge in [-0.05, 0) is 31.2 Å². The van der Waals surface area contributed by atoms with Gasteiger partial charge in [0.1, 0.15) is 11.5 Å². The minimum absolute atomic E-state index is 0.0590. The number of nitrogens with one attached hydrogen (secondary N) is 2. The van der Waals surface area contributed by atoms with E-state index in [1.807, 2.05) is 0 Å². The lowest BCUT2D eigenvalue weighted by molar-refractivity contribution is 0.413. The van der Waals surface area contributed by atoms with E-state index >= 15 is 0 Å². The van der Waals surface area contributed by atoms with Gasteiger partial charge in [0.2, 0.25) is 20.0 Å². The van der Waals surface area contributed by atoms with E-state index in [0.717, 1.165) is 0 Å². The number of halogens is 2. The first-order valence-corrected chi connectivity index (χ1v) is 11.9. The van der Waals surface area contributed by atoms with Crippen LogP contribution in [0.25, 0.3) is 0 Å². The quantitative estimate of drug-likeness (QED) is 0.568. The average molecular weight is 483 g/mol. The third kappa shape index (κ3) is 5.97. The Bertz CT molecular complexity index is 1090. The van der Waals surface area contributed by atoms with Crippen LogP contribution in [0.3, 0.4) is 0 Å². The molecule has 0 fully saturated rings. The molecule has 8 nitrogen and oxygen atoms in total. The number of methoxy groups -OCH3 is 2. The van der Waals surface area contributed by atoms with Crippen LogP contribution in [0, 0.1) is 0 Å². The van der Waals surface area contributed by atoms with Gasteiger partial charge in [-0.2, -0.15) is 0 Å². The summed E-state index contributed by atoms with van der Waals surface area (Å²) in [5.74, 6) is 0.416. The van der Waals surface area contributed by atoms with Crippen molar-refractivity contribution in [2.45, 2.75) is 22.8 Å². The van der Waals surface area contributed by atoms with Crippen LogP contribution in [0.2, 0.25) is 10.0 Å². The fourth-order valence-electron chi connectivity index (χ4n) is 2.31. The van der Waals surface area contributed by atoms with Crippen molar-refractivity contribution in [3.05, 3.63) is 46.4 Å². The Morgan fingerprint density at radius 2 is 1.31 bits per heavy atom. The van der Waals surface area contributed by atoms with Crippen LogP contribution < -0.4 is 18.9 Å². The van der Waals surface area contributed by atoms with Crippen molar-refractivity contribution < 1.29 is 26.3 Å². The molecule has 0 saturated heterocycles. The van der Waals surface area contributed by atoms with E-state index in [0.29, 0.717) is 0 Å². The molecule has 0 aliphatic rings. The molecule has 0 heterocycles. The molecule has 12 heteroatoms. The molecule has 2 rings (SSSR count). The molecule has 0 amide bonds. The number of ether oxygens (including phenoxy) is 2. The lowest BCUT2D eigenvalue weighted by Crippen LogP contribution is -2.41. The van der Waals surface area contributed by atoms with Gasteiger partial charge in [0.05, 0.1) is 34.1 Å². The van der Waals surface area contributed by atoms with Crippen LogP contribution in [0.15, 0.2) is 46.2 Å². The Labute approximate surface area is 180 Å². The van der Waals surface area contributed by atoms with Crippen molar-refractivity contribution in [1.82, 2.24) is 9.44 Å². The Kier molecular flexibility index (Phi) is 7.77. The SMILES string of the molecule is COc1cc(S(=O)(=O)NC[C@@H](C)NS(=O)(=O)c2ccc(Cl)c(OC)c2)ccc1Cl. The van der Waals surface area contributed by atoms with E-state index < -0.39 is 26.1 Å². The molecule has 2 aromatic carbocycles. The van der Waals surface area contributed by atoms with E-state index in [1.165, 1.54) is 57.5 Å². The van der Waals surface area contributed by atoms with E-state index in [-0.39, 0.29) is 37.9 Å². The highest BCUT2D eigenvalue weighted by atomic mass is 35.5. The second-order valence-corrected chi connectivity index (χ2v) is 10.3. The summed E-state index contributed by atoms with van der Waals surface area (Å²) in [4.78, 5) is -0.118. The first-order valence-electron chi connectivity index (χ1n) is 8.19. The molecule has 0 spiro atoms. The molecule has 0 aliphatic heterocycles. The van der Waals surface area contributed by atoms with E-state index in [2.05, 4.69) is 9.44 Å². The summed E-state index contributed by atoms with van der Waals surface area (Å²) in [7, 11) is -5.08. The Morgan fingerprint density at radius 3 is 1.76 bits per heavy atom. The summed E-state index contributed by atoms with van der Waals surface area (Å²) in [5.41, 5.74) is 0. The van der Waals surface area contributed by atoms with Crippen LogP contribution in [0.1, 0.15) is 6.92 Å². The summed E-state index contributed by atoms with van der Waals surface area (Å²) >= 11 is 11.8. The highest BCUT2D eigenvalue weighted by molar-refractivity contribution is 7.90. The average Bonchev–Trinajstić information content (AvgIpc) is 2.66. The maximum Gasteiger partial charge on any atom is 0.240 e. The summed E-state index contributed by atoms with van der Waals surface area (Å²) < 4.78 is 64.7. The summed E-state index contributed by atoms with van der Waals surface area (Å²) in [6.45, 7) is 1.34. The zero-order valence-corrected chi connectivity index (χ0v) is 18.9. The highest BCUT2D eigenvalue weighted by Crippen LogP contribution is 2.28. The highest BCUT2D eigenvalue weighted by Gasteiger charge is 2.22.